The number of amides is 1. The molecule has 0 aliphatic carbocycles. The molecular weight excluding hydrogens is 358 g/mol. The van der Waals surface area contributed by atoms with E-state index in [0.29, 0.717) is 6.42 Å². The van der Waals surface area contributed by atoms with Crippen LogP contribution in [0, 0.1) is 0 Å². The van der Waals surface area contributed by atoms with E-state index in [-0.39, 0.29) is 11.9 Å². The molecule has 29 heavy (non-hydrogen) atoms. The number of H-pyrrole nitrogens is 1. The van der Waals surface area contributed by atoms with E-state index in [9.17, 15) is 4.79 Å². The van der Waals surface area contributed by atoms with Gasteiger partial charge in [-0.3, -0.25) is 9.89 Å². The van der Waals surface area contributed by atoms with Gasteiger partial charge in [0, 0.05) is 5.39 Å². The van der Waals surface area contributed by atoms with E-state index in [2.05, 4.69) is 51.9 Å². The molecule has 0 aliphatic rings. The van der Waals surface area contributed by atoms with Crippen LogP contribution in [0.15, 0.2) is 84.9 Å². The van der Waals surface area contributed by atoms with Crippen LogP contribution >= 0.6 is 0 Å². The number of hydrogen-bond acceptors (Lipinski definition) is 2. The minimum absolute atomic E-state index is 0.00148. The Kier molecular flexibility index (Phi) is 6.01. The first-order valence-electron chi connectivity index (χ1n) is 10.1. The van der Waals surface area contributed by atoms with Gasteiger partial charge in [-0.15, -0.1) is 0 Å². The first-order chi connectivity index (χ1) is 14.3. The summed E-state index contributed by atoms with van der Waals surface area (Å²) in [6.07, 6.45) is 3.21. The molecule has 0 spiro atoms. The fraction of sp³-hybridized carbons (Fsp3) is 0.200. The van der Waals surface area contributed by atoms with Gasteiger partial charge in [0.05, 0.1) is 23.7 Å². The van der Waals surface area contributed by atoms with Gasteiger partial charge in [-0.2, -0.15) is 5.10 Å². The molecule has 1 amide bonds. The van der Waals surface area contributed by atoms with Gasteiger partial charge in [0.1, 0.15) is 0 Å². The maximum atomic E-state index is 12.8. The van der Waals surface area contributed by atoms with Gasteiger partial charge in [0.15, 0.2) is 0 Å². The second-order valence-electron chi connectivity index (χ2n) is 7.30. The number of aryl methyl sites for hydroxylation is 1. The van der Waals surface area contributed by atoms with Crippen molar-refractivity contribution in [2.24, 2.45) is 0 Å². The number of aromatic amines is 1. The number of carbonyl (C=O) groups excluding carboxylic acids is 1. The van der Waals surface area contributed by atoms with Crippen molar-refractivity contribution in [1.82, 2.24) is 15.5 Å². The highest BCUT2D eigenvalue weighted by atomic mass is 16.1. The average Bonchev–Trinajstić information content (AvgIpc) is 3.17. The lowest BCUT2D eigenvalue weighted by atomic mass is 9.98. The topological polar surface area (TPSA) is 57.8 Å². The minimum atomic E-state index is 0.00148. The van der Waals surface area contributed by atoms with Crippen LogP contribution in [0.25, 0.3) is 10.9 Å². The van der Waals surface area contributed by atoms with Crippen molar-refractivity contribution in [2.45, 2.75) is 31.7 Å². The van der Waals surface area contributed by atoms with E-state index in [1.165, 1.54) is 5.56 Å². The Morgan fingerprint density at radius 1 is 0.897 bits per heavy atom. The highest BCUT2D eigenvalue weighted by molar-refractivity contribution is 5.87. The third-order valence-corrected chi connectivity index (χ3v) is 5.22. The first-order valence-corrected chi connectivity index (χ1v) is 10.1. The van der Waals surface area contributed by atoms with Crippen LogP contribution in [0.3, 0.4) is 0 Å². The molecule has 0 saturated heterocycles. The molecular formula is C25H25N3O. The molecule has 4 heteroatoms. The SMILES string of the molecule is O=C(Cc1[nH]nc2ccccc12)NC(CCCc1ccccc1)c1ccccc1. The molecule has 3 aromatic carbocycles. The van der Waals surface area contributed by atoms with Gasteiger partial charge in [0.25, 0.3) is 0 Å². The quantitative estimate of drug-likeness (QED) is 0.450. The fourth-order valence-corrected chi connectivity index (χ4v) is 3.72. The van der Waals surface area contributed by atoms with Gasteiger partial charge in [-0.05, 0) is 36.5 Å². The van der Waals surface area contributed by atoms with E-state index >= 15 is 0 Å². The number of rotatable bonds is 8. The lowest BCUT2D eigenvalue weighted by Gasteiger charge is -2.19. The van der Waals surface area contributed by atoms with Crippen molar-refractivity contribution in [1.29, 1.82) is 0 Å². The maximum Gasteiger partial charge on any atom is 0.226 e. The highest BCUT2D eigenvalue weighted by Gasteiger charge is 2.16. The monoisotopic (exact) mass is 383 g/mol. The molecule has 0 fully saturated rings. The molecule has 1 unspecified atom stereocenters. The normalized spacial score (nSPS) is 12.0. The second-order valence-corrected chi connectivity index (χ2v) is 7.30. The zero-order chi connectivity index (χ0) is 19.9. The molecule has 1 aromatic heterocycles. The van der Waals surface area contributed by atoms with Gasteiger partial charge in [-0.25, -0.2) is 0 Å². The number of carbonyl (C=O) groups is 1. The van der Waals surface area contributed by atoms with E-state index in [4.69, 9.17) is 0 Å². The Hall–Kier alpha value is -3.40. The molecule has 146 valence electrons. The first kappa shape index (κ1) is 18.9. The summed E-state index contributed by atoms with van der Waals surface area (Å²) in [5.41, 5.74) is 4.21. The third kappa shape index (κ3) is 4.91. The number of para-hydroxylation sites is 1. The van der Waals surface area contributed by atoms with Crippen LogP contribution in [-0.2, 0) is 17.6 Å². The maximum absolute atomic E-state index is 12.8. The summed E-state index contributed by atoms with van der Waals surface area (Å²) in [4.78, 5) is 12.8. The Morgan fingerprint density at radius 2 is 1.59 bits per heavy atom. The van der Waals surface area contributed by atoms with Crippen molar-refractivity contribution in [3.8, 4) is 0 Å². The minimum Gasteiger partial charge on any atom is -0.349 e. The number of nitrogens with zero attached hydrogens (tertiary/aromatic N) is 1. The van der Waals surface area contributed by atoms with Crippen molar-refractivity contribution in [2.75, 3.05) is 0 Å². The predicted molar refractivity (Wildman–Crippen MR) is 117 cm³/mol. The number of benzene rings is 3. The van der Waals surface area contributed by atoms with Gasteiger partial charge in [0.2, 0.25) is 5.91 Å². The second kappa shape index (κ2) is 9.20. The van der Waals surface area contributed by atoms with Crippen LogP contribution in [0.1, 0.15) is 35.7 Å². The Balaban J connectivity index is 1.42. The van der Waals surface area contributed by atoms with E-state index in [1.807, 2.05) is 48.5 Å². The lowest BCUT2D eigenvalue weighted by Crippen LogP contribution is -2.30. The molecule has 0 bridgehead atoms. The number of hydrogen-bond donors (Lipinski definition) is 2. The van der Waals surface area contributed by atoms with Crippen LogP contribution < -0.4 is 5.32 Å². The molecule has 2 N–H and O–H groups in total. The van der Waals surface area contributed by atoms with E-state index < -0.39 is 0 Å². The Morgan fingerprint density at radius 3 is 2.38 bits per heavy atom. The lowest BCUT2D eigenvalue weighted by molar-refractivity contribution is -0.121. The molecule has 1 atom stereocenters. The summed E-state index contributed by atoms with van der Waals surface area (Å²) in [6.45, 7) is 0. The standard InChI is InChI=1S/C25H25N3O/c29-25(18-24-21-15-7-8-16-23(21)27-28-24)26-22(20-13-5-2-6-14-20)17-9-12-19-10-3-1-4-11-19/h1-8,10-11,13-16,22H,9,12,17-18H2,(H,26,29)(H,27,28). The summed E-state index contributed by atoms with van der Waals surface area (Å²) < 4.78 is 0. The fourth-order valence-electron chi connectivity index (χ4n) is 3.72. The summed E-state index contributed by atoms with van der Waals surface area (Å²) in [5, 5.41) is 11.5. The number of nitrogens with one attached hydrogen (secondary N) is 2. The summed E-state index contributed by atoms with van der Waals surface area (Å²) in [6, 6.07) is 28.6. The van der Waals surface area contributed by atoms with E-state index in [0.717, 1.165) is 41.4 Å². The summed E-state index contributed by atoms with van der Waals surface area (Å²) in [7, 11) is 0. The highest BCUT2D eigenvalue weighted by Crippen LogP contribution is 2.21. The largest absolute Gasteiger partial charge is 0.349 e. The van der Waals surface area contributed by atoms with Gasteiger partial charge < -0.3 is 5.32 Å². The van der Waals surface area contributed by atoms with Gasteiger partial charge in [-0.1, -0.05) is 78.9 Å². The molecule has 4 rings (SSSR count). The van der Waals surface area contributed by atoms with Crippen LogP contribution in [0.5, 0.6) is 0 Å². The van der Waals surface area contributed by atoms with Crippen molar-refractivity contribution < 1.29 is 4.79 Å². The molecule has 1 heterocycles. The van der Waals surface area contributed by atoms with Crippen molar-refractivity contribution in [3.63, 3.8) is 0 Å². The van der Waals surface area contributed by atoms with Crippen molar-refractivity contribution in [3.05, 3.63) is 102 Å². The third-order valence-electron chi connectivity index (χ3n) is 5.22. The van der Waals surface area contributed by atoms with E-state index in [1.54, 1.807) is 0 Å². The zero-order valence-electron chi connectivity index (χ0n) is 16.3. The zero-order valence-corrected chi connectivity index (χ0v) is 16.3. The average molecular weight is 383 g/mol. The summed E-state index contributed by atoms with van der Waals surface area (Å²) in [5.74, 6) is 0.00738. The molecule has 4 nitrogen and oxygen atoms in total. The summed E-state index contributed by atoms with van der Waals surface area (Å²) >= 11 is 0. The van der Waals surface area contributed by atoms with Crippen molar-refractivity contribution >= 4 is 16.8 Å². The number of fused-ring (bicyclic) bond motifs is 1. The van der Waals surface area contributed by atoms with Crippen LogP contribution in [-0.4, -0.2) is 16.1 Å². The Bertz CT molecular complexity index is 1060. The Labute approximate surface area is 171 Å². The smallest absolute Gasteiger partial charge is 0.226 e. The number of aromatic nitrogens is 2. The molecule has 4 aromatic rings. The molecule has 0 aliphatic heterocycles. The van der Waals surface area contributed by atoms with Crippen LogP contribution in [0.4, 0.5) is 0 Å². The molecule has 0 saturated carbocycles. The molecule has 0 radical (unpaired) electrons. The van der Waals surface area contributed by atoms with Crippen LogP contribution in [0.2, 0.25) is 0 Å². The van der Waals surface area contributed by atoms with Gasteiger partial charge >= 0.3 is 0 Å². The predicted octanol–water partition coefficient (Wildman–Crippen LogP) is 4.99.